The summed E-state index contributed by atoms with van der Waals surface area (Å²) in [6.07, 6.45) is 15.4. The van der Waals surface area contributed by atoms with E-state index in [0.717, 1.165) is 30.4 Å². The summed E-state index contributed by atoms with van der Waals surface area (Å²) >= 11 is 0. The second kappa shape index (κ2) is 7.75. The molecule has 0 amide bonds. The average molecular weight is 365 g/mol. The molecule has 3 heteroatoms. The fourth-order valence-electron chi connectivity index (χ4n) is 4.45. The van der Waals surface area contributed by atoms with Crippen LogP contribution in [0.25, 0.3) is 6.08 Å². The van der Waals surface area contributed by atoms with Gasteiger partial charge in [0.2, 0.25) is 0 Å². The second-order valence-electron chi connectivity index (χ2n) is 7.59. The number of nitrogens with zero attached hydrogens (tertiary/aromatic N) is 3. The van der Waals surface area contributed by atoms with Gasteiger partial charge >= 0.3 is 0 Å². The molecule has 0 fully saturated rings. The predicted molar refractivity (Wildman–Crippen MR) is 114 cm³/mol. The summed E-state index contributed by atoms with van der Waals surface area (Å²) in [6.45, 7) is 6.23. The lowest BCUT2D eigenvalue weighted by atomic mass is 9.89. The van der Waals surface area contributed by atoms with Gasteiger partial charge in [-0.05, 0) is 84.2 Å². The number of hydrogen-bond acceptors (Lipinski definition) is 3. The Morgan fingerprint density at radius 3 is 2.21 bits per heavy atom. The summed E-state index contributed by atoms with van der Waals surface area (Å²) in [7, 11) is 0. The molecular weight excluding hydrogens is 342 g/mol. The minimum Gasteiger partial charge on any atom is -0.371 e. The Kier molecular flexibility index (Phi) is 5.00. The highest BCUT2D eigenvalue weighted by Gasteiger charge is 2.23. The van der Waals surface area contributed by atoms with Crippen molar-refractivity contribution in [3.63, 3.8) is 0 Å². The van der Waals surface area contributed by atoms with Crippen molar-refractivity contribution >= 4 is 11.8 Å². The Hall–Kier alpha value is -3.30. The molecule has 1 aromatic rings. The summed E-state index contributed by atoms with van der Waals surface area (Å²) in [5.74, 6) is 0. The molecule has 28 heavy (non-hydrogen) atoms. The molecule has 1 aromatic carbocycles. The molecule has 2 aliphatic heterocycles. The molecule has 4 rings (SSSR count). The molecular formula is C25H23N3. The van der Waals surface area contributed by atoms with Crippen LogP contribution in [0, 0.1) is 22.7 Å². The van der Waals surface area contributed by atoms with E-state index in [-0.39, 0.29) is 5.57 Å². The lowest BCUT2D eigenvalue weighted by Gasteiger charge is -2.37. The van der Waals surface area contributed by atoms with Crippen molar-refractivity contribution < 1.29 is 0 Å². The lowest BCUT2D eigenvalue weighted by Crippen LogP contribution is -2.34. The highest BCUT2D eigenvalue weighted by atomic mass is 15.1. The van der Waals surface area contributed by atoms with Crippen LogP contribution in [0.2, 0.25) is 0 Å². The van der Waals surface area contributed by atoms with Gasteiger partial charge < -0.3 is 4.90 Å². The van der Waals surface area contributed by atoms with Crippen LogP contribution in [0.3, 0.4) is 0 Å². The quantitative estimate of drug-likeness (QED) is 0.693. The predicted octanol–water partition coefficient (Wildman–Crippen LogP) is 5.18. The summed E-state index contributed by atoms with van der Waals surface area (Å²) in [5.41, 5.74) is 8.60. The Balaban J connectivity index is 1.66. The van der Waals surface area contributed by atoms with E-state index in [1.807, 2.05) is 24.3 Å². The van der Waals surface area contributed by atoms with Gasteiger partial charge in [0, 0.05) is 24.4 Å². The first-order chi connectivity index (χ1) is 13.7. The van der Waals surface area contributed by atoms with Gasteiger partial charge in [0.15, 0.2) is 0 Å². The van der Waals surface area contributed by atoms with E-state index < -0.39 is 0 Å². The van der Waals surface area contributed by atoms with Crippen LogP contribution in [-0.2, 0) is 12.8 Å². The van der Waals surface area contributed by atoms with E-state index in [0.29, 0.717) is 5.57 Å². The molecule has 2 heterocycles. The van der Waals surface area contributed by atoms with E-state index in [1.54, 1.807) is 6.08 Å². The van der Waals surface area contributed by atoms with Crippen molar-refractivity contribution in [2.24, 2.45) is 0 Å². The van der Waals surface area contributed by atoms with Gasteiger partial charge in [-0.15, -0.1) is 0 Å². The van der Waals surface area contributed by atoms with Gasteiger partial charge in [-0.2, -0.15) is 10.5 Å². The first kappa shape index (κ1) is 18.1. The molecule has 3 nitrogen and oxygen atoms in total. The zero-order chi connectivity index (χ0) is 19.5. The van der Waals surface area contributed by atoms with Crippen molar-refractivity contribution in [1.29, 1.82) is 10.5 Å². The molecule has 0 aromatic heterocycles. The average Bonchev–Trinajstić information content (AvgIpc) is 2.73. The summed E-state index contributed by atoms with van der Waals surface area (Å²) in [4.78, 5) is 2.55. The molecule has 0 saturated heterocycles. The Bertz CT molecular complexity index is 988. The van der Waals surface area contributed by atoms with Crippen LogP contribution in [0.4, 0.5) is 5.69 Å². The summed E-state index contributed by atoms with van der Waals surface area (Å²) < 4.78 is 0. The minimum absolute atomic E-state index is 0.142. The summed E-state index contributed by atoms with van der Waals surface area (Å²) in [5, 5.41) is 18.4. The zero-order valence-electron chi connectivity index (χ0n) is 16.0. The van der Waals surface area contributed by atoms with E-state index in [2.05, 4.69) is 35.8 Å². The maximum atomic E-state index is 9.19. The van der Waals surface area contributed by atoms with Crippen LogP contribution in [-0.4, -0.2) is 13.1 Å². The van der Waals surface area contributed by atoms with Crippen LogP contribution < -0.4 is 4.90 Å². The van der Waals surface area contributed by atoms with Gasteiger partial charge in [0.05, 0.1) is 0 Å². The van der Waals surface area contributed by atoms with Crippen LogP contribution in [0.15, 0.2) is 65.3 Å². The number of hydrogen-bond donors (Lipinski definition) is 0. The van der Waals surface area contributed by atoms with E-state index >= 15 is 0 Å². The minimum atomic E-state index is 0.142. The first-order valence-corrected chi connectivity index (χ1v) is 9.88. The number of allylic oxidation sites excluding steroid dienone is 8. The zero-order valence-corrected chi connectivity index (χ0v) is 16.0. The molecule has 3 aliphatic rings. The van der Waals surface area contributed by atoms with Crippen LogP contribution in [0.1, 0.15) is 36.0 Å². The number of benzene rings is 1. The SMILES string of the molecule is C=CC1=CC(=C(C#N)C#N)C=C(/C=C/c2cc3c4c(c2)CCCN4CCC3)C1. The fourth-order valence-corrected chi connectivity index (χ4v) is 4.45. The molecule has 0 atom stereocenters. The highest BCUT2D eigenvalue weighted by Crippen LogP contribution is 2.36. The van der Waals surface area contributed by atoms with Gasteiger partial charge in [0.25, 0.3) is 0 Å². The molecule has 0 bridgehead atoms. The van der Waals surface area contributed by atoms with E-state index in [1.165, 1.54) is 48.3 Å². The van der Waals surface area contributed by atoms with Crippen molar-refractivity contribution in [2.45, 2.75) is 32.1 Å². The Morgan fingerprint density at radius 2 is 1.61 bits per heavy atom. The monoisotopic (exact) mass is 365 g/mol. The number of anilines is 1. The standard InChI is InChI=1S/C25H23N3/c1-2-18-11-19(15-23(12-18)24(16-26)17-27)7-8-20-13-21-5-3-9-28-10-4-6-22(14-20)25(21)28/h2,7-8,12-15H,1,3-6,9-11H2/b8-7+. The van der Waals surface area contributed by atoms with Crippen LogP contribution >= 0.6 is 0 Å². The normalized spacial score (nSPS) is 17.9. The maximum Gasteiger partial charge on any atom is 0.136 e. The van der Waals surface area contributed by atoms with Gasteiger partial charge in [-0.25, -0.2) is 0 Å². The van der Waals surface area contributed by atoms with Gasteiger partial charge in [0.1, 0.15) is 17.7 Å². The molecule has 1 aliphatic carbocycles. The Labute approximate surface area is 166 Å². The number of aryl methyl sites for hydroxylation is 2. The molecule has 0 radical (unpaired) electrons. The van der Waals surface area contributed by atoms with Crippen molar-refractivity contribution in [3.05, 3.63) is 82.0 Å². The number of rotatable bonds is 3. The van der Waals surface area contributed by atoms with Gasteiger partial charge in [-0.1, -0.05) is 24.8 Å². The molecule has 0 unspecified atom stereocenters. The third-order valence-corrected chi connectivity index (χ3v) is 5.71. The molecule has 0 spiro atoms. The number of nitriles is 2. The highest BCUT2D eigenvalue weighted by molar-refractivity contribution is 5.69. The summed E-state index contributed by atoms with van der Waals surface area (Å²) in [6, 6.07) is 8.63. The Morgan fingerprint density at radius 1 is 0.964 bits per heavy atom. The second-order valence-corrected chi connectivity index (χ2v) is 7.59. The first-order valence-electron chi connectivity index (χ1n) is 9.88. The molecule has 0 saturated carbocycles. The van der Waals surface area contributed by atoms with Crippen molar-refractivity contribution in [1.82, 2.24) is 0 Å². The molecule has 0 N–H and O–H groups in total. The van der Waals surface area contributed by atoms with E-state index in [4.69, 9.17) is 0 Å². The maximum absolute atomic E-state index is 9.19. The lowest BCUT2D eigenvalue weighted by molar-refractivity contribution is 0.634. The fraction of sp³-hybridized carbons (Fsp3) is 0.280. The third kappa shape index (κ3) is 3.45. The largest absolute Gasteiger partial charge is 0.371 e. The molecule has 138 valence electrons. The smallest absolute Gasteiger partial charge is 0.136 e. The van der Waals surface area contributed by atoms with Crippen molar-refractivity contribution in [3.8, 4) is 12.1 Å². The topological polar surface area (TPSA) is 50.8 Å². The third-order valence-electron chi connectivity index (χ3n) is 5.71. The van der Waals surface area contributed by atoms with Crippen molar-refractivity contribution in [2.75, 3.05) is 18.0 Å². The van der Waals surface area contributed by atoms with Gasteiger partial charge in [-0.3, -0.25) is 0 Å². The van der Waals surface area contributed by atoms with Crippen LogP contribution in [0.5, 0.6) is 0 Å². The van der Waals surface area contributed by atoms with E-state index in [9.17, 15) is 10.5 Å².